The van der Waals surface area contributed by atoms with Crippen LogP contribution in [0.1, 0.15) is 40.0 Å². The monoisotopic (exact) mass is 404 g/mol. The highest BCUT2D eigenvalue weighted by atomic mass is 28.4. The average Bonchev–Trinajstić information content (AvgIpc) is 3.00. The number of hydrogen-bond donors (Lipinski definition) is 0. The van der Waals surface area contributed by atoms with E-state index in [0.29, 0.717) is 26.2 Å². The molecule has 0 heterocycles. The molecule has 27 heavy (non-hydrogen) atoms. The second-order valence-corrected chi connectivity index (χ2v) is 8.32. The second kappa shape index (κ2) is 10.9. The molecule has 9 heteroatoms. The molecule has 0 aliphatic heterocycles. The van der Waals surface area contributed by atoms with Crippen LogP contribution in [0.4, 0.5) is 0 Å². The van der Waals surface area contributed by atoms with E-state index in [2.05, 4.69) is 6.58 Å². The molecule has 1 aliphatic rings. The first-order chi connectivity index (χ1) is 12.9. The Morgan fingerprint density at radius 1 is 1.00 bits per heavy atom. The number of carbonyl (C=O) groups excluding carboxylic acids is 2. The molecule has 0 saturated heterocycles. The van der Waals surface area contributed by atoms with Gasteiger partial charge in [-0.2, -0.15) is 0 Å². The minimum atomic E-state index is -3.42. The summed E-state index contributed by atoms with van der Waals surface area (Å²) >= 11 is 0. The van der Waals surface area contributed by atoms with Crippen LogP contribution >= 0.6 is 0 Å². The van der Waals surface area contributed by atoms with Gasteiger partial charge in [-0.15, -0.1) is 6.58 Å². The fourth-order valence-corrected chi connectivity index (χ4v) is 5.67. The van der Waals surface area contributed by atoms with Crippen LogP contribution in [-0.2, 0) is 36.8 Å². The highest BCUT2D eigenvalue weighted by Crippen LogP contribution is 2.47. The van der Waals surface area contributed by atoms with Crippen LogP contribution in [0.5, 0.6) is 0 Å². The van der Waals surface area contributed by atoms with Gasteiger partial charge in [0, 0.05) is 19.8 Å². The van der Waals surface area contributed by atoms with Crippen molar-refractivity contribution in [2.45, 2.75) is 46.1 Å². The highest BCUT2D eigenvalue weighted by Gasteiger charge is 2.60. The van der Waals surface area contributed by atoms with Gasteiger partial charge >= 0.3 is 21.0 Å². The van der Waals surface area contributed by atoms with Crippen LogP contribution in [0.2, 0.25) is 0 Å². The van der Waals surface area contributed by atoms with Crippen molar-refractivity contribution < 1.29 is 36.8 Å². The van der Waals surface area contributed by atoms with Crippen molar-refractivity contribution >= 4 is 21.0 Å². The summed E-state index contributed by atoms with van der Waals surface area (Å²) in [5, 5.41) is 0. The highest BCUT2D eigenvalue weighted by molar-refractivity contribution is 6.53. The number of hydrogen-bond acceptors (Lipinski definition) is 8. The number of methoxy groups -OCH3 is 2. The number of ether oxygens (including phenoxy) is 2. The molecule has 1 aliphatic carbocycles. The molecule has 0 radical (unpaired) electrons. The van der Waals surface area contributed by atoms with Gasteiger partial charge < -0.3 is 27.2 Å². The summed E-state index contributed by atoms with van der Waals surface area (Å²) in [4.78, 5) is 25.0. The third-order valence-corrected chi connectivity index (χ3v) is 7.08. The molecule has 0 aromatic heterocycles. The minimum absolute atomic E-state index is 0.104. The Hall–Kier alpha value is -1.26. The first-order valence-electron chi connectivity index (χ1n) is 9.25. The molecule has 156 valence electrons. The number of rotatable bonds is 12. The Labute approximate surface area is 162 Å². The van der Waals surface area contributed by atoms with Gasteiger partial charge in [0.15, 0.2) is 5.41 Å². The molecule has 1 fully saturated rings. The molecule has 1 rings (SSSR count). The van der Waals surface area contributed by atoms with Crippen LogP contribution in [0.25, 0.3) is 0 Å². The Bertz CT molecular complexity index is 477. The van der Waals surface area contributed by atoms with Gasteiger partial charge in [0.1, 0.15) is 0 Å². The molecule has 1 saturated carbocycles. The third kappa shape index (κ3) is 5.38. The summed E-state index contributed by atoms with van der Waals surface area (Å²) < 4.78 is 33.3. The smallest absolute Gasteiger partial charge is 0.468 e. The minimum Gasteiger partial charge on any atom is -0.468 e. The lowest BCUT2D eigenvalue weighted by molar-refractivity contribution is -0.169. The molecule has 2 atom stereocenters. The van der Waals surface area contributed by atoms with Crippen molar-refractivity contribution in [3.05, 3.63) is 12.7 Å². The molecule has 0 aromatic rings. The summed E-state index contributed by atoms with van der Waals surface area (Å²) in [6.07, 6.45) is 2.12. The van der Waals surface area contributed by atoms with Gasteiger partial charge in [-0.05, 0) is 46.0 Å². The van der Waals surface area contributed by atoms with E-state index in [9.17, 15) is 9.59 Å². The summed E-state index contributed by atoms with van der Waals surface area (Å²) in [5.41, 5.74) is -1.42. The number of allylic oxidation sites excluding steroid dienone is 1. The molecule has 0 amide bonds. The summed E-state index contributed by atoms with van der Waals surface area (Å²) in [6, 6.07) is 0. The molecule has 0 spiro atoms. The van der Waals surface area contributed by atoms with Crippen LogP contribution in [0.3, 0.4) is 0 Å². The maximum Gasteiger partial charge on any atom is 0.679 e. The standard InChI is InChI=1S/C18H32O8Si/c1-7-11-14-12-18(16(19)21-5,17(20)22-6)13-15(14)26-27(23-8-2,24-9-3)25-10-4/h7,14-15H,1,8-13H2,2-6H3/t14-,15-/m1/s1. The molecular weight excluding hydrogens is 372 g/mol. The van der Waals surface area contributed by atoms with E-state index in [1.165, 1.54) is 14.2 Å². The van der Waals surface area contributed by atoms with E-state index in [1.807, 2.05) is 20.8 Å². The van der Waals surface area contributed by atoms with Gasteiger partial charge in [0.25, 0.3) is 0 Å². The zero-order valence-electron chi connectivity index (χ0n) is 16.9. The van der Waals surface area contributed by atoms with E-state index in [-0.39, 0.29) is 18.8 Å². The van der Waals surface area contributed by atoms with E-state index < -0.39 is 32.5 Å². The lowest BCUT2D eigenvalue weighted by atomic mass is 9.85. The van der Waals surface area contributed by atoms with E-state index in [0.717, 1.165) is 0 Å². The summed E-state index contributed by atoms with van der Waals surface area (Å²) in [7, 11) is -0.916. The van der Waals surface area contributed by atoms with Crippen LogP contribution in [-0.4, -0.2) is 61.1 Å². The lowest BCUT2D eigenvalue weighted by Crippen LogP contribution is -2.52. The third-order valence-electron chi connectivity index (χ3n) is 4.57. The molecular formula is C18H32O8Si. The maximum absolute atomic E-state index is 12.5. The Morgan fingerprint density at radius 3 is 1.85 bits per heavy atom. The topological polar surface area (TPSA) is 89.5 Å². The summed E-state index contributed by atoms with van der Waals surface area (Å²) in [6.45, 7) is 10.3. The van der Waals surface area contributed by atoms with Crippen molar-refractivity contribution in [1.82, 2.24) is 0 Å². The predicted octanol–water partition coefficient (Wildman–Crippen LogP) is 2.24. The van der Waals surface area contributed by atoms with Crippen molar-refractivity contribution in [3.8, 4) is 0 Å². The first-order valence-corrected chi connectivity index (χ1v) is 10.9. The molecule has 0 bridgehead atoms. The van der Waals surface area contributed by atoms with Gasteiger partial charge in [0.05, 0.1) is 20.3 Å². The molecule has 0 unspecified atom stereocenters. The zero-order valence-corrected chi connectivity index (χ0v) is 17.9. The maximum atomic E-state index is 12.5. The average molecular weight is 405 g/mol. The Morgan fingerprint density at radius 2 is 1.48 bits per heavy atom. The van der Waals surface area contributed by atoms with E-state index in [4.69, 9.17) is 27.2 Å². The zero-order chi connectivity index (χ0) is 20.5. The van der Waals surface area contributed by atoms with Gasteiger partial charge in [-0.1, -0.05) is 6.08 Å². The van der Waals surface area contributed by atoms with Crippen LogP contribution in [0, 0.1) is 11.3 Å². The van der Waals surface area contributed by atoms with Gasteiger partial charge in [0.2, 0.25) is 0 Å². The fraction of sp³-hybridized carbons (Fsp3) is 0.778. The van der Waals surface area contributed by atoms with E-state index in [1.54, 1.807) is 6.08 Å². The van der Waals surface area contributed by atoms with Crippen molar-refractivity contribution in [2.24, 2.45) is 11.3 Å². The van der Waals surface area contributed by atoms with Gasteiger partial charge in [-0.3, -0.25) is 9.59 Å². The van der Waals surface area contributed by atoms with Gasteiger partial charge in [-0.25, -0.2) is 0 Å². The normalized spacial score (nSPS) is 21.7. The van der Waals surface area contributed by atoms with Crippen molar-refractivity contribution in [3.63, 3.8) is 0 Å². The SMILES string of the molecule is C=CC[C@@H]1CC(C(=O)OC)(C(=O)OC)C[C@H]1O[Si](OCC)(OCC)OCC. The van der Waals surface area contributed by atoms with Crippen molar-refractivity contribution in [2.75, 3.05) is 34.0 Å². The second-order valence-electron chi connectivity index (χ2n) is 6.21. The largest absolute Gasteiger partial charge is 0.679 e. The lowest BCUT2D eigenvalue weighted by Gasteiger charge is -2.31. The first kappa shape index (κ1) is 23.8. The molecule has 0 aromatic carbocycles. The van der Waals surface area contributed by atoms with Crippen LogP contribution in [0.15, 0.2) is 12.7 Å². The summed E-state index contributed by atoms with van der Waals surface area (Å²) in [5.74, 6) is -1.43. The Kier molecular flexibility index (Phi) is 9.61. The van der Waals surface area contributed by atoms with Crippen molar-refractivity contribution in [1.29, 1.82) is 0 Å². The Balaban J connectivity index is 3.23. The van der Waals surface area contributed by atoms with E-state index >= 15 is 0 Å². The molecule has 0 N–H and O–H groups in total. The quantitative estimate of drug-likeness (QED) is 0.212. The predicted molar refractivity (Wildman–Crippen MR) is 99.5 cm³/mol. The number of esters is 2. The molecule has 8 nitrogen and oxygen atoms in total. The number of carbonyl (C=O) groups is 2. The van der Waals surface area contributed by atoms with Crippen LogP contribution < -0.4 is 0 Å². The fourth-order valence-electron chi connectivity index (χ4n) is 3.51.